The Kier molecular flexibility index (Phi) is 3.17. The molecule has 0 saturated heterocycles. The largest absolute Gasteiger partial charge is 0.384 e. The summed E-state index contributed by atoms with van der Waals surface area (Å²) in [5.74, 6) is 0. The van der Waals surface area contributed by atoms with E-state index in [2.05, 4.69) is 20.9 Å². The summed E-state index contributed by atoms with van der Waals surface area (Å²) in [5, 5.41) is 11.7. The van der Waals surface area contributed by atoms with E-state index in [0.29, 0.717) is 0 Å². The van der Waals surface area contributed by atoms with Crippen molar-refractivity contribution < 1.29 is 5.11 Å². The van der Waals surface area contributed by atoms with Crippen molar-refractivity contribution in [2.24, 2.45) is 0 Å². The molecule has 0 bridgehead atoms. The van der Waals surface area contributed by atoms with Gasteiger partial charge in [0.15, 0.2) is 0 Å². The third kappa shape index (κ3) is 2.20. The molecule has 1 unspecified atom stereocenters. The highest BCUT2D eigenvalue weighted by molar-refractivity contribution is 9.10. The Labute approximate surface area is 120 Å². The minimum atomic E-state index is -0.605. The molecule has 0 aliphatic carbocycles. The maximum Gasteiger partial charge on any atom is 0.105 e. The molecule has 0 fully saturated rings. The monoisotopic (exact) mass is 315 g/mol. The fraction of sp³-hybridized carbons (Fsp3) is 0.125. The predicted molar refractivity (Wildman–Crippen MR) is 81.2 cm³/mol. The molecule has 2 N–H and O–H groups in total. The number of rotatable bonds is 2. The summed E-state index contributed by atoms with van der Waals surface area (Å²) in [5.41, 5.74) is 4.01. The van der Waals surface area contributed by atoms with E-state index in [4.69, 9.17) is 0 Å². The van der Waals surface area contributed by atoms with Crippen molar-refractivity contribution in [2.45, 2.75) is 13.0 Å². The number of aryl methyl sites for hydroxylation is 1. The van der Waals surface area contributed by atoms with Crippen molar-refractivity contribution in [3.63, 3.8) is 0 Å². The SMILES string of the molecule is Cc1cc(C(O)c2cccc3[nH]ccc23)ccc1Br. The van der Waals surface area contributed by atoms with Crippen LogP contribution >= 0.6 is 15.9 Å². The smallest absolute Gasteiger partial charge is 0.105 e. The second-order valence-corrected chi connectivity index (χ2v) is 5.55. The number of halogens is 1. The summed E-state index contributed by atoms with van der Waals surface area (Å²) in [7, 11) is 0. The van der Waals surface area contributed by atoms with Crippen LogP contribution in [0, 0.1) is 6.92 Å². The second-order valence-electron chi connectivity index (χ2n) is 4.70. The highest BCUT2D eigenvalue weighted by atomic mass is 79.9. The van der Waals surface area contributed by atoms with Crippen LogP contribution < -0.4 is 0 Å². The maximum absolute atomic E-state index is 10.6. The van der Waals surface area contributed by atoms with Crippen LogP contribution in [0.3, 0.4) is 0 Å². The van der Waals surface area contributed by atoms with Crippen LogP contribution in [-0.2, 0) is 0 Å². The van der Waals surface area contributed by atoms with Gasteiger partial charge >= 0.3 is 0 Å². The number of aromatic nitrogens is 1. The first-order valence-electron chi connectivity index (χ1n) is 6.17. The molecule has 19 heavy (non-hydrogen) atoms. The zero-order valence-corrected chi connectivity index (χ0v) is 12.1. The van der Waals surface area contributed by atoms with Gasteiger partial charge in [-0.1, -0.05) is 40.2 Å². The quantitative estimate of drug-likeness (QED) is 0.726. The summed E-state index contributed by atoms with van der Waals surface area (Å²) in [6.07, 6.45) is 1.29. The molecule has 0 aliphatic heterocycles. The summed E-state index contributed by atoms with van der Waals surface area (Å²) in [6.45, 7) is 2.02. The van der Waals surface area contributed by atoms with Gasteiger partial charge in [-0.15, -0.1) is 0 Å². The Balaban J connectivity index is 2.10. The van der Waals surface area contributed by atoms with E-state index in [1.807, 2.05) is 55.6 Å². The third-order valence-electron chi connectivity index (χ3n) is 3.42. The van der Waals surface area contributed by atoms with Crippen LogP contribution in [0.5, 0.6) is 0 Å². The summed E-state index contributed by atoms with van der Waals surface area (Å²) in [4.78, 5) is 3.17. The number of nitrogens with one attached hydrogen (secondary N) is 1. The molecule has 1 atom stereocenters. The minimum absolute atomic E-state index is 0.605. The van der Waals surface area contributed by atoms with Gasteiger partial charge in [0.25, 0.3) is 0 Å². The fourth-order valence-electron chi connectivity index (χ4n) is 2.37. The van der Waals surface area contributed by atoms with Gasteiger partial charge in [-0.05, 0) is 41.8 Å². The molecule has 0 amide bonds. The van der Waals surface area contributed by atoms with E-state index in [-0.39, 0.29) is 0 Å². The van der Waals surface area contributed by atoms with Gasteiger partial charge < -0.3 is 10.1 Å². The van der Waals surface area contributed by atoms with Gasteiger partial charge in [-0.3, -0.25) is 0 Å². The summed E-state index contributed by atoms with van der Waals surface area (Å²) in [6, 6.07) is 13.9. The number of hydrogen-bond acceptors (Lipinski definition) is 1. The van der Waals surface area contributed by atoms with E-state index < -0.39 is 6.10 Å². The Hall–Kier alpha value is -1.58. The summed E-state index contributed by atoms with van der Waals surface area (Å²) < 4.78 is 1.06. The number of aliphatic hydroxyl groups excluding tert-OH is 1. The fourth-order valence-corrected chi connectivity index (χ4v) is 2.61. The highest BCUT2D eigenvalue weighted by Gasteiger charge is 2.14. The molecule has 3 rings (SSSR count). The Morgan fingerprint density at radius 1 is 1.16 bits per heavy atom. The number of aliphatic hydroxyl groups is 1. The van der Waals surface area contributed by atoms with Crippen LogP contribution in [0.25, 0.3) is 10.9 Å². The van der Waals surface area contributed by atoms with Gasteiger partial charge in [-0.25, -0.2) is 0 Å². The van der Waals surface area contributed by atoms with E-state index in [1.54, 1.807) is 0 Å². The Bertz CT molecular complexity index is 732. The van der Waals surface area contributed by atoms with Gasteiger partial charge in [0.2, 0.25) is 0 Å². The number of fused-ring (bicyclic) bond motifs is 1. The topological polar surface area (TPSA) is 36.0 Å². The van der Waals surface area contributed by atoms with Crippen LogP contribution in [0.2, 0.25) is 0 Å². The molecule has 3 aromatic rings. The van der Waals surface area contributed by atoms with Gasteiger partial charge in [0.1, 0.15) is 6.10 Å². The molecule has 0 spiro atoms. The number of hydrogen-bond donors (Lipinski definition) is 2. The van der Waals surface area contributed by atoms with Gasteiger partial charge in [0, 0.05) is 21.6 Å². The number of benzene rings is 2. The molecule has 1 aromatic heterocycles. The van der Waals surface area contributed by atoms with Gasteiger partial charge in [0.05, 0.1) is 0 Å². The average molecular weight is 316 g/mol. The Morgan fingerprint density at radius 2 is 2.00 bits per heavy atom. The predicted octanol–water partition coefficient (Wildman–Crippen LogP) is 4.32. The lowest BCUT2D eigenvalue weighted by Gasteiger charge is -2.14. The first-order valence-corrected chi connectivity index (χ1v) is 6.96. The number of H-pyrrole nitrogens is 1. The zero-order chi connectivity index (χ0) is 13.4. The normalized spacial score (nSPS) is 12.8. The lowest BCUT2D eigenvalue weighted by Crippen LogP contribution is -2.00. The van der Waals surface area contributed by atoms with Crippen LogP contribution in [-0.4, -0.2) is 10.1 Å². The average Bonchev–Trinajstić information content (AvgIpc) is 2.89. The van der Waals surface area contributed by atoms with E-state index in [1.165, 1.54) is 0 Å². The molecule has 0 radical (unpaired) electrons. The van der Waals surface area contributed by atoms with E-state index in [9.17, 15) is 5.11 Å². The first-order chi connectivity index (χ1) is 9.16. The lowest BCUT2D eigenvalue weighted by atomic mass is 9.97. The molecule has 0 aliphatic rings. The van der Waals surface area contributed by atoms with Crippen molar-refractivity contribution in [3.05, 3.63) is 69.8 Å². The molecule has 2 nitrogen and oxygen atoms in total. The molecule has 2 aromatic carbocycles. The summed E-state index contributed by atoms with van der Waals surface area (Å²) >= 11 is 3.48. The molecule has 0 saturated carbocycles. The van der Waals surface area contributed by atoms with Crippen molar-refractivity contribution in [3.8, 4) is 0 Å². The van der Waals surface area contributed by atoms with E-state index >= 15 is 0 Å². The van der Waals surface area contributed by atoms with Crippen molar-refractivity contribution in [1.29, 1.82) is 0 Å². The van der Waals surface area contributed by atoms with Crippen LogP contribution in [0.15, 0.2) is 53.1 Å². The number of aromatic amines is 1. The van der Waals surface area contributed by atoms with Crippen molar-refractivity contribution >= 4 is 26.8 Å². The molecule has 1 heterocycles. The zero-order valence-electron chi connectivity index (χ0n) is 10.5. The van der Waals surface area contributed by atoms with Crippen LogP contribution in [0.1, 0.15) is 22.8 Å². The molecular formula is C16H14BrNO. The molecule has 3 heteroatoms. The standard InChI is InChI=1S/C16H14BrNO/c1-10-9-11(5-6-14(10)17)16(19)13-3-2-4-15-12(13)7-8-18-15/h2-9,16,18-19H,1H3. The lowest BCUT2D eigenvalue weighted by molar-refractivity contribution is 0.222. The Morgan fingerprint density at radius 3 is 2.79 bits per heavy atom. The van der Waals surface area contributed by atoms with Gasteiger partial charge in [-0.2, -0.15) is 0 Å². The second kappa shape index (κ2) is 4.83. The minimum Gasteiger partial charge on any atom is -0.384 e. The van der Waals surface area contributed by atoms with Crippen LogP contribution in [0.4, 0.5) is 0 Å². The molecule has 96 valence electrons. The van der Waals surface area contributed by atoms with Crippen molar-refractivity contribution in [1.82, 2.24) is 4.98 Å². The maximum atomic E-state index is 10.6. The van der Waals surface area contributed by atoms with Crippen molar-refractivity contribution in [2.75, 3.05) is 0 Å². The molecular weight excluding hydrogens is 302 g/mol. The highest BCUT2D eigenvalue weighted by Crippen LogP contribution is 2.30. The first kappa shape index (κ1) is 12.5. The van der Waals surface area contributed by atoms with E-state index in [0.717, 1.165) is 32.1 Å². The third-order valence-corrected chi connectivity index (χ3v) is 4.31.